The van der Waals surface area contributed by atoms with Gasteiger partial charge in [0.2, 0.25) is 5.91 Å². The van der Waals surface area contributed by atoms with Crippen LogP contribution < -0.4 is 10.2 Å². The molecule has 1 aliphatic heterocycles. The molecular formula is C19H15N3O2. The Balaban J connectivity index is 1.53. The van der Waals surface area contributed by atoms with E-state index in [4.69, 9.17) is 0 Å². The standard InChI is InChI=1S/C19H15N3O2/c23-17(21-11-14-7-1-2-10-20-14)12-22-16-9-4-6-13-5-3-8-15(18(13)16)19(22)24/h1-10H,11-12H2,(H,21,23). The molecule has 1 aromatic heterocycles. The number of hydrogen-bond donors (Lipinski definition) is 1. The number of amides is 2. The molecule has 0 saturated carbocycles. The van der Waals surface area contributed by atoms with Gasteiger partial charge in [-0.15, -0.1) is 0 Å². The first-order valence-corrected chi connectivity index (χ1v) is 7.74. The lowest BCUT2D eigenvalue weighted by molar-refractivity contribution is -0.119. The molecule has 3 aromatic rings. The number of pyridine rings is 1. The first-order valence-electron chi connectivity index (χ1n) is 7.74. The number of anilines is 1. The van der Waals surface area contributed by atoms with E-state index in [2.05, 4.69) is 10.3 Å². The molecule has 2 heterocycles. The van der Waals surface area contributed by atoms with Crippen molar-refractivity contribution in [2.45, 2.75) is 6.54 Å². The monoisotopic (exact) mass is 317 g/mol. The molecule has 0 unspecified atom stereocenters. The predicted octanol–water partition coefficient (Wildman–Crippen LogP) is 2.51. The van der Waals surface area contributed by atoms with Crippen LogP contribution in [0.4, 0.5) is 5.69 Å². The van der Waals surface area contributed by atoms with E-state index in [1.807, 2.05) is 48.5 Å². The summed E-state index contributed by atoms with van der Waals surface area (Å²) in [4.78, 5) is 30.6. The number of nitrogens with zero attached hydrogens (tertiary/aromatic N) is 2. The minimum absolute atomic E-state index is 0.000535. The lowest BCUT2D eigenvalue weighted by Crippen LogP contribution is -2.38. The zero-order chi connectivity index (χ0) is 16.5. The van der Waals surface area contributed by atoms with Crippen LogP contribution in [0, 0.1) is 0 Å². The molecule has 4 rings (SSSR count). The SMILES string of the molecule is O=C(CN1C(=O)c2cccc3cccc1c23)NCc1ccccn1. The summed E-state index contributed by atoms with van der Waals surface area (Å²) in [6, 6.07) is 16.9. The highest BCUT2D eigenvalue weighted by atomic mass is 16.2. The van der Waals surface area contributed by atoms with E-state index in [0.717, 1.165) is 22.2 Å². The van der Waals surface area contributed by atoms with Crippen molar-refractivity contribution < 1.29 is 9.59 Å². The summed E-state index contributed by atoms with van der Waals surface area (Å²) in [6.45, 7) is 0.346. The van der Waals surface area contributed by atoms with Crippen LogP contribution >= 0.6 is 0 Å². The van der Waals surface area contributed by atoms with Crippen molar-refractivity contribution in [3.05, 3.63) is 72.1 Å². The highest BCUT2D eigenvalue weighted by molar-refractivity contribution is 6.26. The van der Waals surface area contributed by atoms with Crippen molar-refractivity contribution in [2.24, 2.45) is 0 Å². The highest BCUT2D eigenvalue weighted by Crippen LogP contribution is 2.36. The Bertz CT molecular complexity index is 933. The van der Waals surface area contributed by atoms with Gasteiger partial charge < -0.3 is 5.32 Å². The molecule has 2 amide bonds. The van der Waals surface area contributed by atoms with Crippen molar-refractivity contribution in [3.8, 4) is 0 Å². The van der Waals surface area contributed by atoms with Crippen LogP contribution in [-0.2, 0) is 11.3 Å². The van der Waals surface area contributed by atoms with Gasteiger partial charge in [-0.1, -0.05) is 30.3 Å². The van der Waals surface area contributed by atoms with Gasteiger partial charge in [-0.05, 0) is 29.7 Å². The Morgan fingerprint density at radius 3 is 2.67 bits per heavy atom. The molecule has 0 bridgehead atoms. The van der Waals surface area contributed by atoms with Crippen LogP contribution in [0.15, 0.2) is 60.8 Å². The molecule has 5 heteroatoms. The first-order chi connectivity index (χ1) is 11.7. The average molecular weight is 317 g/mol. The maximum atomic E-state index is 12.6. The van der Waals surface area contributed by atoms with Gasteiger partial charge >= 0.3 is 0 Å². The number of hydrogen-bond acceptors (Lipinski definition) is 3. The fourth-order valence-corrected chi connectivity index (χ4v) is 3.03. The third kappa shape index (κ3) is 2.40. The fraction of sp³-hybridized carbons (Fsp3) is 0.105. The summed E-state index contributed by atoms with van der Waals surface area (Å²) >= 11 is 0. The van der Waals surface area contributed by atoms with Crippen molar-refractivity contribution in [2.75, 3.05) is 11.4 Å². The molecule has 0 radical (unpaired) electrons. The van der Waals surface area contributed by atoms with Crippen LogP contribution in [0.5, 0.6) is 0 Å². The molecule has 0 fully saturated rings. The minimum atomic E-state index is -0.209. The lowest BCUT2D eigenvalue weighted by Gasteiger charge is -2.17. The second-order valence-electron chi connectivity index (χ2n) is 5.67. The molecular weight excluding hydrogens is 302 g/mol. The minimum Gasteiger partial charge on any atom is -0.349 e. The molecule has 118 valence electrons. The molecule has 1 aliphatic rings. The van der Waals surface area contributed by atoms with Crippen molar-refractivity contribution in [3.63, 3.8) is 0 Å². The van der Waals surface area contributed by atoms with E-state index >= 15 is 0 Å². The van der Waals surface area contributed by atoms with E-state index in [-0.39, 0.29) is 18.4 Å². The van der Waals surface area contributed by atoms with Crippen molar-refractivity contribution >= 4 is 28.3 Å². The molecule has 0 spiro atoms. The first kappa shape index (κ1) is 14.4. The maximum Gasteiger partial charge on any atom is 0.259 e. The van der Waals surface area contributed by atoms with E-state index in [1.54, 1.807) is 12.3 Å². The Morgan fingerprint density at radius 2 is 1.88 bits per heavy atom. The quantitative estimate of drug-likeness (QED) is 0.804. The van der Waals surface area contributed by atoms with E-state index < -0.39 is 0 Å². The predicted molar refractivity (Wildman–Crippen MR) is 91.7 cm³/mol. The van der Waals surface area contributed by atoms with Gasteiger partial charge in [0.25, 0.3) is 5.91 Å². The summed E-state index contributed by atoms with van der Waals surface area (Å²) < 4.78 is 0. The second-order valence-corrected chi connectivity index (χ2v) is 5.67. The molecule has 1 N–H and O–H groups in total. The summed E-state index contributed by atoms with van der Waals surface area (Å²) in [7, 11) is 0. The normalized spacial score (nSPS) is 12.7. The summed E-state index contributed by atoms with van der Waals surface area (Å²) in [5, 5.41) is 4.74. The summed E-state index contributed by atoms with van der Waals surface area (Å²) in [6.07, 6.45) is 1.68. The van der Waals surface area contributed by atoms with Gasteiger partial charge in [0, 0.05) is 17.1 Å². The molecule has 5 nitrogen and oxygen atoms in total. The zero-order valence-corrected chi connectivity index (χ0v) is 12.9. The fourth-order valence-electron chi connectivity index (χ4n) is 3.03. The second kappa shape index (κ2) is 5.77. The topological polar surface area (TPSA) is 62.3 Å². The van der Waals surface area contributed by atoms with Gasteiger partial charge in [-0.25, -0.2) is 0 Å². The number of aromatic nitrogens is 1. The Morgan fingerprint density at radius 1 is 1.04 bits per heavy atom. The van der Waals surface area contributed by atoms with Gasteiger partial charge in [0.05, 0.1) is 17.9 Å². The van der Waals surface area contributed by atoms with Crippen molar-refractivity contribution in [1.29, 1.82) is 0 Å². The third-order valence-corrected chi connectivity index (χ3v) is 4.14. The zero-order valence-electron chi connectivity index (χ0n) is 12.9. The smallest absolute Gasteiger partial charge is 0.259 e. The van der Waals surface area contributed by atoms with Crippen LogP contribution in [0.2, 0.25) is 0 Å². The van der Waals surface area contributed by atoms with Gasteiger partial charge in [0.1, 0.15) is 6.54 Å². The Hall–Kier alpha value is -3.21. The number of benzene rings is 2. The van der Waals surface area contributed by atoms with Crippen LogP contribution in [0.25, 0.3) is 10.8 Å². The van der Waals surface area contributed by atoms with Gasteiger partial charge in [0.15, 0.2) is 0 Å². The van der Waals surface area contributed by atoms with E-state index in [1.165, 1.54) is 4.90 Å². The number of nitrogens with one attached hydrogen (secondary N) is 1. The van der Waals surface area contributed by atoms with Crippen LogP contribution in [0.1, 0.15) is 16.1 Å². The molecule has 0 aliphatic carbocycles. The third-order valence-electron chi connectivity index (χ3n) is 4.14. The molecule has 0 atom stereocenters. The average Bonchev–Trinajstić information content (AvgIpc) is 2.89. The number of carbonyl (C=O) groups excluding carboxylic acids is 2. The largest absolute Gasteiger partial charge is 0.349 e. The van der Waals surface area contributed by atoms with Gasteiger partial charge in [-0.3, -0.25) is 19.5 Å². The Kier molecular flexibility index (Phi) is 3.46. The van der Waals surface area contributed by atoms with Crippen molar-refractivity contribution in [1.82, 2.24) is 10.3 Å². The van der Waals surface area contributed by atoms with E-state index in [0.29, 0.717) is 12.1 Å². The number of carbonyl (C=O) groups is 2. The van der Waals surface area contributed by atoms with E-state index in [9.17, 15) is 9.59 Å². The molecule has 0 saturated heterocycles. The van der Waals surface area contributed by atoms with Crippen LogP contribution in [-0.4, -0.2) is 23.3 Å². The Labute approximate surface area is 138 Å². The molecule has 2 aromatic carbocycles. The van der Waals surface area contributed by atoms with Gasteiger partial charge in [-0.2, -0.15) is 0 Å². The number of rotatable bonds is 4. The maximum absolute atomic E-state index is 12.6. The van der Waals surface area contributed by atoms with Crippen LogP contribution in [0.3, 0.4) is 0 Å². The highest BCUT2D eigenvalue weighted by Gasteiger charge is 2.30. The summed E-state index contributed by atoms with van der Waals surface area (Å²) in [5.74, 6) is -0.339. The lowest BCUT2D eigenvalue weighted by atomic mass is 10.1. The summed E-state index contributed by atoms with van der Waals surface area (Å²) in [5.41, 5.74) is 2.23. The molecule has 24 heavy (non-hydrogen) atoms.